The lowest BCUT2D eigenvalue weighted by molar-refractivity contribution is 0.0639. The Bertz CT molecular complexity index is 116. The van der Waals surface area contributed by atoms with Crippen molar-refractivity contribution in [3.05, 3.63) is 0 Å². The molecule has 0 radical (unpaired) electrons. The van der Waals surface area contributed by atoms with Crippen LogP contribution in [0.1, 0.15) is 27.7 Å². The summed E-state index contributed by atoms with van der Waals surface area (Å²) >= 11 is 0. The Morgan fingerprint density at radius 2 is 1.64 bits per heavy atom. The van der Waals surface area contributed by atoms with Gasteiger partial charge in [-0.3, -0.25) is 0 Å². The number of rotatable bonds is 4. The second-order valence-electron chi connectivity index (χ2n) is 4.21. The minimum Gasteiger partial charge on any atom is -0.394 e. The number of nitrogens with one attached hydrogen (secondary N) is 1. The van der Waals surface area contributed by atoms with Crippen LogP contribution in [0.25, 0.3) is 0 Å². The van der Waals surface area contributed by atoms with E-state index in [-0.39, 0.29) is 12.1 Å². The third-order valence-corrected chi connectivity index (χ3v) is 1.39. The smallest absolute Gasteiger partial charge is 0.0715 e. The summed E-state index contributed by atoms with van der Waals surface area (Å²) in [6.45, 7) is 7.79. The van der Waals surface area contributed by atoms with Crippen LogP contribution in [0, 0.1) is 0 Å². The van der Waals surface area contributed by atoms with Crippen LogP contribution in [0.15, 0.2) is 0 Å². The number of hydrogen-bond donors (Lipinski definition) is 3. The summed E-state index contributed by atoms with van der Waals surface area (Å²) in [5.74, 6) is 0. The molecule has 0 aliphatic carbocycles. The summed E-state index contributed by atoms with van der Waals surface area (Å²) in [4.78, 5) is 0. The highest BCUT2D eigenvalue weighted by atomic mass is 16.3. The fraction of sp³-hybridized carbons (Fsp3) is 1.00. The van der Waals surface area contributed by atoms with Crippen molar-refractivity contribution in [2.24, 2.45) is 0 Å². The van der Waals surface area contributed by atoms with Crippen molar-refractivity contribution in [2.75, 3.05) is 13.2 Å². The van der Waals surface area contributed by atoms with Crippen LogP contribution < -0.4 is 5.32 Å². The Morgan fingerprint density at radius 1 is 1.18 bits per heavy atom. The lowest BCUT2D eigenvalue weighted by atomic mass is 10.0. The molecule has 0 aliphatic heterocycles. The van der Waals surface area contributed by atoms with Gasteiger partial charge in [0.2, 0.25) is 0 Å². The first-order valence-corrected chi connectivity index (χ1v) is 3.85. The molecule has 0 fully saturated rings. The van der Waals surface area contributed by atoms with Crippen molar-refractivity contribution in [3.8, 4) is 0 Å². The van der Waals surface area contributed by atoms with Gasteiger partial charge in [-0.25, -0.2) is 0 Å². The summed E-state index contributed by atoms with van der Waals surface area (Å²) in [5.41, 5.74) is -1.02. The Morgan fingerprint density at radius 3 is 1.91 bits per heavy atom. The highest BCUT2D eigenvalue weighted by molar-refractivity contribution is 4.80. The predicted molar refractivity (Wildman–Crippen MR) is 45.5 cm³/mol. The number of aliphatic hydroxyl groups is 2. The van der Waals surface area contributed by atoms with E-state index in [2.05, 4.69) is 5.32 Å². The van der Waals surface area contributed by atoms with Gasteiger partial charge in [0.25, 0.3) is 0 Å². The van der Waals surface area contributed by atoms with E-state index in [0.29, 0.717) is 6.54 Å². The molecule has 0 bridgehead atoms. The van der Waals surface area contributed by atoms with Crippen molar-refractivity contribution >= 4 is 0 Å². The normalized spacial score (nSPS) is 13.6. The third kappa shape index (κ3) is 6.28. The largest absolute Gasteiger partial charge is 0.394 e. The Hall–Kier alpha value is -0.120. The molecule has 3 heteroatoms. The van der Waals surface area contributed by atoms with Crippen LogP contribution in [0.4, 0.5) is 0 Å². The average Bonchev–Trinajstić information content (AvgIpc) is 1.83. The molecule has 0 heterocycles. The Balaban J connectivity index is 3.70. The lowest BCUT2D eigenvalue weighted by Gasteiger charge is -2.28. The van der Waals surface area contributed by atoms with E-state index in [9.17, 15) is 5.11 Å². The molecule has 0 aromatic carbocycles. The van der Waals surface area contributed by atoms with E-state index in [0.717, 1.165) is 0 Å². The van der Waals surface area contributed by atoms with Gasteiger partial charge in [-0.2, -0.15) is 0 Å². The van der Waals surface area contributed by atoms with Crippen molar-refractivity contribution in [2.45, 2.75) is 38.8 Å². The topological polar surface area (TPSA) is 52.5 Å². The molecule has 68 valence electrons. The predicted octanol–water partition coefficient (Wildman–Crippen LogP) is 0.118. The number of β-amino-alcohol motifs (C(OH)–C–C–N with tert-alkyl or cyclic N) is 1. The quantitative estimate of drug-likeness (QED) is 0.549. The minimum absolute atomic E-state index is 0.0725. The molecule has 0 spiro atoms. The molecule has 0 aliphatic rings. The zero-order valence-electron chi connectivity index (χ0n) is 7.81. The maximum absolute atomic E-state index is 9.33. The van der Waals surface area contributed by atoms with Gasteiger partial charge in [0.05, 0.1) is 12.2 Å². The Labute approximate surface area is 68.4 Å². The molecule has 0 unspecified atom stereocenters. The molecular formula is C8H19NO2. The van der Waals surface area contributed by atoms with Crippen molar-refractivity contribution in [1.29, 1.82) is 0 Å². The monoisotopic (exact) mass is 161 g/mol. The number of aliphatic hydroxyl groups excluding tert-OH is 1. The van der Waals surface area contributed by atoms with Crippen molar-refractivity contribution < 1.29 is 10.2 Å². The van der Waals surface area contributed by atoms with Gasteiger partial charge in [0.1, 0.15) is 0 Å². The fourth-order valence-corrected chi connectivity index (χ4v) is 0.511. The summed E-state index contributed by atoms with van der Waals surface area (Å²) in [5, 5.41) is 21.2. The highest BCUT2D eigenvalue weighted by Gasteiger charge is 2.20. The second-order valence-corrected chi connectivity index (χ2v) is 4.21. The molecular weight excluding hydrogens is 142 g/mol. The van der Waals surface area contributed by atoms with E-state index < -0.39 is 5.60 Å². The maximum atomic E-state index is 9.33. The summed E-state index contributed by atoms with van der Waals surface area (Å²) in [6, 6.07) is 0. The zero-order valence-corrected chi connectivity index (χ0v) is 7.81. The van der Waals surface area contributed by atoms with E-state index in [4.69, 9.17) is 5.11 Å². The van der Waals surface area contributed by atoms with Gasteiger partial charge in [0, 0.05) is 12.1 Å². The third-order valence-electron chi connectivity index (χ3n) is 1.39. The van der Waals surface area contributed by atoms with Crippen LogP contribution in [-0.4, -0.2) is 34.5 Å². The van der Waals surface area contributed by atoms with Crippen molar-refractivity contribution in [3.63, 3.8) is 0 Å². The SMILES string of the molecule is CC(C)(O)CNC(C)(C)CO. The summed E-state index contributed by atoms with van der Waals surface area (Å²) < 4.78 is 0. The Kier molecular flexibility index (Phi) is 3.48. The van der Waals surface area contributed by atoms with Crippen LogP contribution in [-0.2, 0) is 0 Å². The molecule has 0 atom stereocenters. The second kappa shape index (κ2) is 3.52. The van der Waals surface area contributed by atoms with E-state index in [1.54, 1.807) is 13.8 Å². The van der Waals surface area contributed by atoms with Gasteiger partial charge in [-0.05, 0) is 27.7 Å². The van der Waals surface area contributed by atoms with Crippen LogP contribution in [0.5, 0.6) is 0 Å². The van der Waals surface area contributed by atoms with Crippen LogP contribution >= 0.6 is 0 Å². The van der Waals surface area contributed by atoms with Gasteiger partial charge in [-0.15, -0.1) is 0 Å². The lowest BCUT2D eigenvalue weighted by Crippen LogP contribution is -2.48. The molecule has 0 saturated carbocycles. The molecule has 3 N–H and O–H groups in total. The molecule has 0 aromatic rings. The van der Waals surface area contributed by atoms with Gasteiger partial charge in [0.15, 0.2) is 0 Å². The van der Waals surface area contributed by atoms with Gasteiger partial charge in [-0.1, -0.05) is 0 Å². The zero-order chi connectivity index (χ0) is 9.12. The standard InChI is InChI=1S/C8H19NO2/c1-7(2,6-10)9-5-8(3,4)11/h9-11H,5-6H2,1-4H3. The molecule has 0 amide bonds. The molecule has 0 aromatic heterocycles. The summed E-state index contributed by atoms with van der Waals surface area (Å²) in [7, 11) is 0. The highest BCUT2D eigenvalue weighted by Crippen LogP contribution is 2.04. The molecule has 0 rings (SSSR count). The van der Waals surface area contributed by atoms with Gasteiger partial charge >= 0.3 is 0 Å². The first-order valence-electron chi connectivity index (χ1n) is 3.85. The minimum atomic E-state index is -0.716. The molecule has 11 heavy (non-hydrogen) atoms. The van der Waals surface area contributed by atoms with E-state index in [1.807, 2.05) is 13.8 Å². The van der Waals surface area contributed by atoms with E-state index >= 15 is 0 Å². The van der Waals surface area contributed by atoms with Gasteiger partial charge < -0.3 is 15.5 Å². The van der Waals surface area contributed by atoms with Crippen molar-refractivity contribution in [1.82, 2.24) is 5.32 Å². The van der Waals surface area contributed by atoms with Crippen LogP contribution in [0.2, 0.25) is 0 Å². The molecule has 0 saturated heterocycles. The fourth-order valence-electron chi connectivity index (χ4n) is 0.511. The van der Waals surface area contributed by atoms with Crippen LogP contribution in [0.3, 0.4) is 0 Å². The average molecular weight is 161 g/mol. The first-order chi connectivity index (χ1) is 4.77. The molecule has 3 nitrogen and oxygen atoms in total. The van der Waals surface area contributed by atoms with E-state index in [1.165, 1.54) is 0 Å². The maximum Gasteiger partial charge on any atom is 0.0715 e. The first kappa shape index (κ1) is 10.9. The number of hydrogen-bond acceptors (Lipinski definition) is 3. The summed E-state index contributed by atoms with van der Waals surface area (Å²) in [6.07, 6.45) is 0.